The second kappa shape index (κ2) is 8.24. The van der Waals surface area contributed by atoms with Crippen molar-refractivity contribution in [1.29, 1.82) is 5.26 Å². The smallest absolute Gasteiger partial charge is 0.325 e. The number of nitrogens with one attached hydrogen (secondary N) is 1. The fraction of sp³-hybridized carbons (Fsp3) is 0.545. The third-order valence-electron chi connectivity index (χ3n) is 6.05. The minimum atomic E-state index is -0.834. The molecule has 2 fully saturated rings. The maximum atomic E-state index is 13.0. The molecule has 0 bridgehead atoms. The number of hydrogen-bond acceptors (Lipinski definition) is 4. The summed E-state index contributed by atoms with van der Waals surface area (Å²) in [6.07, 6.45) is 3.04. The summed E-state index contributed by atoms with van der Waals surface area (Å²) < 4.78 is 0. The van der Waals surface area contributed by atoms with Crippen LogP contribution in [0.5, 0.6) is 0 Å². The number of rotatable bonds is 5. The summed E-state index contributed by atoms with van der Waals surface area (Å²) in [4.78, 5) is 41.2. The van der Waals surface area contributed by atoms with Gasteiger partial charge < -0.3 is 10.2 Å². The molecule has 1 spiro atoms. The molecule has 1 saturated carbocycles. The topological polar surface area (TPSA) is 93.5 Å². The van der Waals surface area contributed by atoms with Crippen molar-refractivity contribution in [3.63, 3.8) is 0 Å². The quantitative estimate of drug-likeness (QED) is 0.775. The van der Waals surface area contributed by atoms with E-state index in [2.05, 4.69) is 18.3 Å². The molecule has 0 unspecified atom stereocenters. The Morgan fingerprint density at radius 2 is 1.90 bits per heavy atom. The highest BCUT2D eigenvalue weighted by Gasteiger charge is 2.52. The molecular weight excluding hydrogens is 368 g/mol. The number of urea groups is 1. The van der Waals surface area contributed by atoms with Gasteiger partial charge in [0.25, 0.3) is 5.91 Å². The van der Waals surface area contributed by atoms with Crippen LogP contribution in [0.3, 0.4) is 0 Å². The van der Waals surface area contributed by atoms with E-state index in [0.29, 0.717) is 30.9 Å². The van der Waals surface area contributed by atoms with Gasteiger partial charge in [-0.25, -0.2) is 4.79 Å². The molecule has 1 heterocycles. The van der Waals surface area contributed by atoms with Crippen molar-refractivity contribution in [2.45, 2.75) is 64.6 Å². The zero-order chi connectivity index (χ0) is 21.2. The van der Waals surface area contributed by atoms with Crippen molar-refractivity contribution in [1.82, 2.24) is 15.1 Å². The number of benzene rings is 1. The highest BCUT2D eigenvalue weighted by Crippen LogP contribution is 2.36. The largest absolute Gasteiger partial charge is 0.334 e. The highest BCUT2D eigenvalue weighted by atomic mass is 16.2. The molecule has 7 nitrogen and oxygen atoms in total. The van der Waals surface area contributed by atoms with Gasteiger partial charge in [-0.3, -0.25) is 14.5 Å². The standard InChI is InChI=1S/C22H28N4O3/c1-15(2)25(13-18-6-4-17(12-23)5-7-18)19(27)14-26-20(28)22(24-21(26)29)10-8-16(3)9-11-22/h4-7,15-16H,8-11,13-14H2,1-3H3,(H,24,29). The van der Waals surface area contributed by atoms with Gasteiger partial charge in [-0.15, -0.1) is 0 Å². The molecule has 4 amide bonds. The van der Waals surface area contributed by atoms with Crippen LogP contribution in [0.25, 0.3) is 0 Å². The third kappa shape index (κ3) is 4.26. The summed E-state index contributed by atoms with van der Waals surface area (Å²) in [5, 5.41) is 11.8. The van der Waals surface area contributed by atoms with E-state index in [1.807, 2.05) is 26.0 Å². The summed E-state index contributed by atoms with van der Waals surface area (Å²) in [6, 6.07) is 8.56. The average molecular weight is 396 g/mol. The lowest BCUT2D eigenvalue weighted by atomic mass is 9.77. The molecule has 1 aliphatic heterocycles. The molecule has 3 rings (SSSR count). The number of hydrogen-bond donors (Lipinski definition) is 1. The molecule has 2 aliphatic rings. The lowest BCUT2D eigenvalue weighted by Gasteiger charge is -2.33. The molecule has 1 aromatic rings. The Kier molecular flexibility index (Phi) is 5.92. The zero-order valence-electron chi connectivity index (χ0n) is 17.3. The summed E-state index contributed by atoms with van der Waals surface area (Å²) in [6.45, 7) is 6.05. The summed E-state index contributed by atoms with van der Waals surface area (Å²) in [5.74, 6) is 0.00350. The van der Waals surface area contributed by atoms with E-state index in [9.17, 15) is 14.4 Å². The Hall–Kier alpha value is -2.88. The molecule has 0 atom stereocenters. The number of carbonyl (C=O) groups is 3. The Labute approximate surface area is 171 Å². The van der Waals surface area contributed by atoms with E-state index >= 15 is 0 Å². The van der Waals surface area contributed by atoms with Crippen LogP contribution >= 0.6 is 0 Å². The van der Waals surface area contributed by atoms with Gasteiger partial charge in [0.15, 0.2) is 0 Å². The van der Waals surface area contributed by atoms with Gasteiger partial charge in [0.05, 0.1) is 11.6 Å². The Morgan fingerprint density at radius 3 is 2.45 bits per heavy atom. The van der Waals surface area contributed by atoms with Crippen molar-refractivity contribution in [2.24, 2.45) is 5.92 Å². The molecule has 1 saturated heterocycles. The van der Waals surface area contributed by atoms with Crippen LogP contribution in [0.15, 0.2) is 24.3 Å². The Bertz CT molecular complexity index is 833. The molecule has 1 N–H and O–H groups in total. The SMILES string of the molecule is CC1CCC2(CC1)NC(=O)N(CC(=O)N(Cc1ccc(C#N)cc1)C(C)C)C2=O. The van der Waals surface area contributed by atoms with E-state index in [1.165, 1.54) is 0 Å². The van der Waals surface area contributed by atoms with Gasteiger partial charge in [-0.2, -0.15) is 5.26 Å². The fourth-order valence-corrected chi connectivity index (χ4v) is 4.08. The van der Waals surface area contributed by atoms with Crippen molar-refractivity contribution in [3.8, 4) is 6.07 Å². The van der Waals surface area contributed by atoms with Gasteiger partial charge in [0.1, 0.15) is 12.1 Å². The number of nitrogens with zero attached hydrogens (tertiary/aromatic N) is 3. The van der Waals surface area contributed by atoms with Gasteiger partial charge in [0.2, 0.25) is 5.91 Å². The molecule has 0 aromatic heterocycles. The van der Waals surface area contributed by atoms with E-state index in [4.69, 9.17) is 5.26 Å². The van der Waals surface area contributed by atoms with Gasteiger partial charge >= 0.3 is 6.03 Å². The van der Waals surface area contributed by atoms with Gasteiger partial charge in [-0.1, -0.05) is 19.1 Å². The van der Waals surface area contributed by atoms with E-state index in [0.717, 1.165) is 23.3 Å². The second-order valence-electron chi connectivity index (χ2n) is 8.51. The predicted molar refractivity (Wildman–Crippen MR) is 107 cm³/mol. The lowest BCUT2D eigenvalue weighted by Crippen LogP contribution is -2.50. The first-order valence-electron chi connectivity index (χ1n) is 10.2. The lowest BCUT2D eigenvalue weighted by molar-refractivity contribution is -0.141. The van der Waals surface area contributed by atoms with Crippen LogP contribution < -0.4 is 5.32 Å². The third-order valence-corrected chi connectivity index (χ3v) is 6.05. The second-order valence-corrected chi connectivity index (χ2v) is 8.51. The fourth-order valence-electron chi connectivity index (χ4n) is 4.08. The minimum absolute atomic E-state index is 0.0941. The number of amides is 4. The summed E-state index contributed by atoms with van der Waals surface area (Å²) in [7, 11) is 0. The molecule has 1 aromatic carbocycles. The monoisotopic (exact) mass is 396 g/mol. The zero-order valence-corrected chi connectivity index (χ0v) is 17.3. The first kappa shape index (κ1) is 20.8. The first-order chi connectivity index (χ1) is 13.8. The van der Waals surface area contributed by atoms with Crippen LogP contribution in [0.2, 0.25) is 0 Å². The van der Waals surface area contributed by atoms with Crippen LogP contribution in [0.4, 0.5) is 4.79 Å². The molecule has 29 heavy (non-hydrogen) atoms. The van der Waals surface area contributed by atoms with Crippen LogP contribution in [-0.2, 0) is 16.1 Å². The van der Waals surface area contributed by atoms with Crippen molar-refractivity contribution < 1.29 is 14.4 Å². The predicted octanol–water partition coefficient (Wildman–Crippen LogP) is 2.80. The van der Waals surface area contributed by atoms with Crippen molar-refractivity contribution in [3.05, 3.63) is 35.4 Å². The maximum Gasteiger partial charge on any atom is 0.325 e. The summed E-state index contributed by atoms with van der Waals surface area (Å²) >= 11 is 0. The van der Waals surface area contributed by atoms with Crippen LogP contribution in [-0.4, -0.2) is 45.8 Å². The van der Waals surface area contributed by atoms with Gasteiger partial charge in [-0.05, 0) is 63.1 Å². The van der Waals surface area contributed by atoms with E-state index in [-0.39, 0.29) is 24.4 Å². The van der Waals surface area contributed by atoms with E-state index in [1.54, 1.807) is 17.0 Å². The molecule has 1 aliphatic carbocycles. The van der Waals surface area contributed by atoms with Crippen molar-refractivity contribution >= 4 is 17.8 Å². The minimum Gasteiger partial charge on any atom is -0.334 e. The van der Waals surface area contributed by atoms with Crippen LogP contribution in [0, 0.1) is 17.2 Å². The number of imide groups is 1. The van der Waals surface area contributed by atoms with Gasteiger partial charge in [0, 0.05) is 12.6 Å². The first-order valence-corrected chi connectivity index (χ1v) is 10.2. The molecule has 7 heteroatoms. The number of nitriles is 1. The Morgan fingerprint density at radius 1 is 1.28 bits per heavy atom. The highest BCUT2D eigenvalue weighted by molar-refractivity contribution is 6.09. The van der Waals surface area contributed by atoms with Crippen molar-refractivity contribution in [2.75, 3.05) is 6.54 Å². The normalized spacial score (nSPS) is 24.0. The molecule has 0 radical (unpaired) electrons. The molecular formula is C22H28N4O3. The molecule has 154 valence electrons. The van der Waals surface area contributed by atoms with E-state index < -0.39 is 11.6 Å². The maximum absolute atomic E-state index is 13.0. The average Bonchev–Trinajstić information content (AvgIpc) is 2.92. The van der Waals surface area contributed by atoms with Crippen LogP contribution in [0.1, 0.15) is 57.6 Å². The number of carbonyl (C=O) groups excluding carboxylic acids is 3. The summed E-state index contributed by atoms with van der Waals surface area (Å²) in [5.41, 5.74) is 0.614. The Balaban J connectivity index is 1.70.